The van der Waals surface area contributed by atoms with Gasteiger partial charge >= 0.3 is 0 Å². The van der Waals surface area contributed by atoms with Crippen molar-refractivity contribution in [3.63, 3.8) is 0 Å². The zero-order valence-corrected chi connectivity index (χ0v) is 11.4. The summed E-state index contributed by atoms with van der Waals surface area (Å²) in [5, 5.41) is 12.4. The zero-order chi connectivity index (χ0) is 13.9. The first-order valence-corrected chi connectivity index (χ1v) is 6.04. The van der Waals surface area contributed by atoms with Crippen LogP contribution in [0.15, 0.2) is 18.2 Å². The van der Waals surface area contributed by atoms with Crippen LogP contribution in [0.4, 0.5) is 4.39 Å². The molecule has 0 aliphatic rings. The summed E-state index contributed by atoms with van der Waals surface area (Å²) in [6, 6.07) is 4.28. The summed E-state index contributed by atoms with van der Waals surface area (Å²) in [6.45, 7) is 4.97. The molecule has 1 aromatic carbocycles. The summed E-state index contributed by atoms with van der Waals surface area (Å²) in [6.07, 6.45) is -0.862. The second-order valence-electron chi connectivity index (χ2n) is 4.82. The smallest absolute Gasteiger partial charge is 0.225 e. The highest BCUT2D eigenvalue weighted by molar-refractivity contribution is 6.31. The van der Waals surface area contributed by atoms with Crippen molar-refractivity contribution in [3.8, 4) is 0 Å². The number of nitrogens with one attached hydrogen (secondary N) is 1. The van der Waals surface area contributed by atoms with Crippen LogP contribution >= 0.6 is 11.6 Å². The second kappa shape index (κ2) is 5.67. The third kappa shape index (κ3) is 3.68. The van der Waals surface area contributed by atoms with Crippen molar-refractivity contribution >= 4 is 17.5 Å². The van der Waals surface area contributed by atoms with Crippen molar-refractivity contribution in [1.82, 2.24) is 5.32 Å². The monoisotopic (exact) mass is 273 g/mol. The SMILES string of the molecule is CC(O)C(C)(C)NC(=O)Cc1c(F)cccc1Cl. The minimum Gasteiger partial charge on any atom is -0.391 e. The average Bonchev–Trinajstić information content (AvgIpc) is 2.22. The maximum atomic E-state index is 13.5. The van der Waals surface area contributed by atoms with Gasteiger partial charge in [-0.1, -0.05) is 17.7 Å². The Morgan fingerprint density at radius 3 is 2.67 bits per heavy atom. The summed E-state index contributed by atoms with van der Waals surface area (Å²) >= 11 is 5.84. The van der Waals surface area contributed by atoms with Crippen LogP contribution in [0.2, 0.25) is 5.02 Å². The number of halogens is 2. The molecular weight excluding hydrogens is 257 g/mol. The molecule has 0 aliphatic heterocycles. The Kier molecular flexibility index (Phi) is 4.71. The number of hydrogen-bond acceptors (Lipinski definition) is 2. The quantitative estimate of drug-likeness (QED) is 0.884. The first-order chi connectivity index (χ1) is 8.24. The van der Waals surface area contributed by atoms with E-state index in [9.17, 15) is 14.3 Å². The summed E-state index contributed by atoms with van der Waals surface area (Å²) in [4.78, 5) is 11.8. The van der Waals surface area contributed by atoms with Gasteiger partial charge in [-0.25, -0.2) is 4.39 Å². The van der Waals surface area contributed by atoms with Crippen LogP contribution in [0.5, 0.6) is 0 Å². The molecule has 3 nitrogen and oxygen atoms in total. The van der Waals surface area contributed by atoms with Crippen LogP contribution in [0, 0.1) is 5.82 Å². The third-order valence-electron chi connectivity index (χ3n) is 2.91. The highest BCUT2D eigenvalue weighted by Crippen LogP contribution is 2.20. The fourth-order valence-electron chi connectivity index (χ4n) is 1.37. The predicted molar refractivity (Wildman–Crippen MR) is 69.0 cm³/mol. The molecule has 1 amide bonds. The molecule has 5 heteroatoms. The van der Waals surface area contributed by atoms with Gasteiger partial charge in [-0.3, -0.25) is 4.79 Å². The second-order valence-corrected chi connectivity index (χ2v) is 5.23. The number of rotatable bonds is 4. The normalized spacial score (nSPS) is 13.2. The van der Waals surface area contributed by atoms with Gasteiger partial charge in [-0.2, -0.15) is 0 Å². The molecule has 1 aromatic rings. The van der Waals surface area contributed by atoms with Gasteiger partial charge in [-0.05, 0) is 32.9 Å². The van der Waals surface area contributed by atoms with Crippen LogP contribution < -0.4 is 5.32 Å². The van der Waals surface area contributed by atoms with Crippen molar-refractivity contribution < 1.29 is 14.3 Å². The van der Waals surface area contributed by atoms with E-state index in [0.717, 1.165) is 0 Å². The van der Waals surface area contributed by atoms with Crippen LogP contribution in [0.3, 0.4) is 0 Å². The molecule has 0 saturated heterocycles. The molecule has 0 saturated carbocycles. The first-order valence-electron chi connectivity index (χ1n) is 5.66. The van der Waals surface area contributed by atoms with Gasteiger partial charge in [0.25, 0.3) is 0 Å². The molecule has 0 aliphatic carbocycles. The maximum Gasteiger partial charge on any atom is 0.225 e. The summed E-state index contributed by atoms with van der Waals surface area (Å²) in [5.41, 5.74) is -0.604. The number of aliphatic hydroxyl groups excluding tert-OH is 1. The molecule has 100 valence electrons. The third-order valence-corrected chi connectivity index (χ3v) is 3.26. The summed E-state index contributed by atoms with van der Waals surface area (Å²) < 4.78 is 13.5. The molecule has 1 unspecified atom stereocenters. The number of carbonyl (C=O) groups excluding carboxylic acids is 1. The molecule has 1 rings (SSSR count). The Morgan fingerprint density at radius 1 is 1.56 bits per heavy atom. The van der Waals surface area contributed by atoms with E-state index in [1.165, 1.54) is 18.2 Å². The molecule has 0 spiro atoms. The van der Waals surface area contributed by atoms with E-state index in [2.05, 4.69) is 5.32 Å². The lowest BCUT2D eigenvalue weighted by molar-refractivity contribution is -0.123. The topological polar surface area (TPSA) is 49.3 Å². The Hall–Kier alpha value is -1.13. The van der Waals surface area contributed by atoms with E-state index in [1.54, 1.807) is 20.8 Å². The Morgan fingerprint density at radius 2 is 2.17 bits per heavy atom. The lowest BCUT2D eigenvalue weighted by Crippen LogP contribution is -2.51. The van der Waals surface area contributed by atoms with Crippen LogP contribution in [-0.2, 0) is 11.2 Å². The molecule has 18 heavy (non-hydrogen) atoms. The highest BCUT2D eigenvalue weighted by Gasteiger charge is 2.26. The van der Waals surface area contributed by atoms with Gasteiger partial charge in [-0.15, -0.1) is 0 Å². The Balaban J connectivity index is 2.77. The minimum absolute atomic E-state index is 0.151. The molecule has 2 N–H and O–H groups in total. The molecule has 0 aromatic heterocycles. The van der Waals surface area contributed by atoms with Gasteiger partial charge in [0.1, 0.15) is 5.82 Å². The van der Waals surface area contributed by atoms with Gasteiger partial charge in [0, 0.05) is 10.6 Å². The highest BCUT2D eigenvalue weighted by atomic mass is 35.5. The van der Waals surface area contributed by atoms with Crippen LogP contribution in [0.1, 0.15) is 26.3 Å². The van der Waals surface area contributed by atoms with Crippen molar-refractivity contribution in [2.45, 2.75) is 38.8 Å². The van der Waals surface area contributed by atoms with Crippen molar-refractivity contribution in [2.75, 3.05) is 0 Å². The Labute approximate surface area is 111 Å². The molecule has 0 fully saturated rings. The summed E-state index contributed by atoms with van der Waals surface area (Å²) in [5.74, 6) is -0.889. The van der Waals surface area contributed by atoms with E-state index in [1.807, 2.05) is 0 Å². The van der Waals surface area contributed by atoms with E-state index < -0.39 is 17.5 Å². The largest absolute Gasteiger partial charge is 0.391 e. The molecule has 1 atom stereocenters. The molecule has 0 heterocycles. The Bertz CT molecular complexity index is 426. The number of amides is 1. The van der Waals surface area contributed by atoms with Crippen LogP contribution in [-0.4, -0.2) is 22.7 Å². The van der Waals surface area contributed by atoms with E-state index in [-0.39, 0.29) is 22.9 Å². The zero-order valence-electron chi connectivity index (χ0n) is 10.6. The lowest BCUT2D eigenvalue weighted by Gasteiger charge is -2.29. The van der Waals surface area contributed by atoms with Crippen molar-refractivity contribution in [3.05, 3.63) is 34.6 Å². The lowest BCUT2D eigenvalue weighted by atomic mass is 9.98. The fraction of sp³-hybridized carbons (Fsp3) is 0.462. The van der Waals surface area contributed by atoms with Gasteiger partial charge in [0.05, 0.1) is 18.1 Å². The van der Waals surface area contributed by atoms with E-state index in [0.29, 0.717) is 0 Å². The van der Waals surface area contributed by atoms with Crippen molar-refractivity contribution in [1.29, 1.82) is 0 Å². The fourth-order valence-corrected chi connectivity index (χ4v) is 1.60. The number of hydrogen-bond donors (Lipinski definition) is 2. The molecule has 0 radical (unpaired) electrons. The van der Waals surface area contributed by atoms with Crippen LogP contribution in [0.25, 0.3) is 0 Å². The first kappa shape index (κ1) is 14.9. The van der Waals surface area contributed by atoms with Gasteiger partial charge < -0.3 is 10.4 Å². The standard InChI is InChI=1S/C13H17ClFNO2/c1-8(17)13(2,3)16-12(18)7-9-10(14)5-4-6-11(9)15/h4-6,8,17H,7H2,1-3H3,(H,16,18). The number of carbonyl (C=O) groups is 1. The maximum absolute atomic E-state index is 13.5. The number of benzene rings is 1. The molecule has 0 bridgehead atoms. The summed E-state index contributed by atoms with van der Waals surface area (Å²) in [7, 11) is 0. The van der Waals surface area contributed by atoms with E-state index in [4.69, 9.17) is 11.6 Å². The number of aliphatic hydroxyl groups is 1. The van der Waals surface area contributed by atoms with Crippen molar-refractivity contribution in [2.24, 2.45) is 0 Å². The van der Waals surface area contributed by atoms with E-state index >= 15 is 0 Å². The minimum atomic E-state index is -0.769. The molecular formula is C13H17ClFNO2. The van der Waals surface area contributed by atoms with Gasteiger partial charge in [0.15, 0.2) is 0 Å². The predicted octanol–water partition coefficient (Wildman–Crippen LogP) is 2.30. The van der Waals surface area contributed by atoms with Gasteiger partial charge in [0.2, 0.25) is 5.91 Å². The average molecular weight is 274 g/mol.